The van der Waals surface area contributed by atoms with Crippen LogP contribution in [0.3, 0.4) is 0 Å². The van der Waals surface area contributed by atoms with Crippen molar-refractivity contribution in [3.63, 3.8) is 0 Å². The summed E-state index contributed by atoms with van der Waals surface area (Å²) >= 11 is 0. The van der Waals surface area contributed by atoms with E-state index in [0.717, 1.165) is 47.4 Å². The first-order valence-corrected chi connectivity index (χ1v) is 14.5. The average Bonchev–Trinajstić information content (AvgIpc) is 2.88. The van der Waals surface area contributed by atoms with Gasteiger partial charge in [0.1, 0.15) is 5.75 Å². The van der Waals surface area contributed by atoms with E-state index in [-0.39, 0.29) is 24.6 Å². The zero-order chi connectivity index (χ0) is 26.2. The topological polar surface area (TPSA) is 70.1 Å². The minimum atomic E-state index is -3.61. The minimum absolute atomic E-state index is 0.00882. The first-order chi connectivity index (χ1) is 17.8. The zero-order valence-electron chi connectivity index (χ0n) is 21.8. The lowest BCUT2D eigenvalue weighted by atomic mass is 9.74. The van der Waals surface area contributed by atoms with Crippen LogP contribution in [0.5, 0.6) is 5.75 Å². The molecule has 2 heterocycles. The maximum absolute atomic E-state index is 13.7. The normalized spacial score (nSPS) is 23.0. The molecule has 37 heavy (non-hydrogen) atoms. The second kappa shape index (κ2) is 10.6. The summed E-state index contributed by atoms with van der Waals surface area (Å²) < 4.78 is 34.6. The highest BCUT2D eigenvalue weighted by Gasteiger charge is 2.50. The second-order valence-electron chi connectivity index (χ2n) is 10.2. The minimum Gasteiger partial charge on any atom is -0.496 e. The summed E-state index contributed by atoms with van der Waals surface area (Å²) in [4.78, 5) is 2.69. The third-order valence-electron chi connectivity index (χ3n) is 8.01. The van der Waals surface area contributed by atoms with Crippen LogP contribution in [0, 0.1) is 13.8 Å². The van der Waals surface area contributed by atoms with E-state index in [2.05, 4.69) is 42.2 Å². The predicted octanol–water partition coefficient (Wildman–Crippen LogP) is 4.59. The van der Waals surface area contributed by atoms with Gasteiger partial charge in [-0.3, -0.25) is 4.90 Å². The number of rotatable bonds is 6. The van der Waals surface area contributed by atoms with E-state index in [9.17, 15) is 13.5 Å². The first-order valence-electron chi connectivity index (χ1n) is 13.0. The average molecular weight is 521 g/mol. The fraction of sp³-hybridized carbons (Fsp3) is 0.400. The number of nitrogens with zero attached hydrogens (tertiary/aromatic N) is 2. The van der Waals surface area contributed by atoms with Crippen LogP contribution in [0.15, 0.2) is 71.6 Å². The Morgan fingerprint density at radius 2 is 1.70 bits per heavy atom. The molecule has 6 nitrogen and oxygen atoms in total. The second-order valence-corrected chi connectivity index (χ2v) is 12.1. The highest BCUT2D eigenvalue weighted by molar-refractivity contribution is 7.89. The first kappa shape index (κ1) is 25.9. The van der Waals surface area contributed by atoms with E-state index in [1.54, 1.807) is 23.5 Å². The van der Waals surface area contributed by atoms with Gasteiger partial charge in [-0.15, -0.1) is 0 Å². The Morgan fingerprint density at radius 1 is 0.973 bits per heavy atom. The summed E-state index contributed by atoms with van der Waals surface area (Å²) in [5, 5.41) is 10.3. The molecular weight excluding hydrogens is 484 g/mol. The maximum atomic E-state index is 13.7. The van der Waals surface area contributed by atoms with Gasteiger partial charge in [0.2, 0.25) is 10.0 Å². The summed E-state index contributed by atoms with van der Waals surface area (Å²) in [7, 11) is -1.93. The number of aliphatic hydroxyl groups is 1. The van der Waals surface area contributed by atoms with Crippen molar-refractivity contribution in [2.75, 3.05) is 33.4 Å². The van der Waals surface area contributed by atoms with Crippen molar-refractivity contribution in [3.05, 3.63) is 83.4 Å². The Bertz CT molecular complexity index is 1360. The molecule has 196 valence electrons. The molecule has 2 fully saturated rings. The standard InChI is InChI=1S/C30H36N2O4S/c1-21-10-15-28(36-3)25(18-21)23-11-13-24(14-12-23)30-26-19-31(16-6-7-17-32(26)27(30)20-33)37(34,35)29-9-5-4-8-22(29)2/h4-5,8-15,18,26-27,30,33H,6-7,16-17,19-20H2,1-3H3/t26-,27+,30?/m0/s1. The van der Waals surface area contributed by atoms with Crippen LogP contribution in [0.1, 0.15) is 35.4 Å². The largest absolute Gasteiger partial charge is 0.496 e. The van der Waals surface area contributed by atoms with Gasteiger partial charge < -0.3 is 9.84 Å². The third kappa shape index (κ3) is 4.81. The Labute approximate surface area is 220 Å². The van der Waals surface area contributed by atoms with E-state index < -0.39 is 10.0 Å². The van der Waals surface area contributed by atoms with E-state index in [0.29, 0.717) is 18.0 Å². The van der Waals surface area contributed by atoms with Crippen molar-refractivity contribution in [3.8, 4) is 16.9 Å². The van der Waals surface area contributed by atoms with E-state index in [4.69, 9.17) is 4.74 Å². The van der Waals surface area contributed by atoms with Gasteiger partial charge in [-0.25, -0.2) is 8.42 Å². The molecule has 0 spiro atoms. The Balaban J connectivity index is 1.45. The molecule has 1 N–H and O–H groups in total. The van der Waals surface area contributed by atoms with Gasteiger partial charge in [0, 0.05) is 36.7 Å². The summed E-state index contributed by atoms with van der Waals surface area (Å²) in [5.41, 5.74) is 5.18. The SMILES string of the molecule is COc1ccc(C)cc1-c1ccc(C2[C@@H](CO)N3CCCCN(S(=O)(=O)c4ccccc4C)C[C@@H]23)cc1. The third-order valence-corrected chi connectivity index (χ3v) is 10.0. The van der Waals surface area contributed by atoms with Crippen LogP contribution in [0.4, 0.5) is 0 Å². The molecule has 0 aromatic heterocycles. The number of methoxy groups -OCH3 is 1. The molecule has 0 bridgehead atoms. The monoisotopic (exact) mass is 520 g/mol. The number of ether oxygens (including phenoxy) is 1. The van der Waals surface area contributed by atoms with Crippen LogP contribution in [0.2, 0.25) is 0 Å². The van der Waals surface area contributed by atoms with E-state index in [1.807, 2.05) is 31.2 Å². The lowest BCUT2D eigenvalue weighted by molar-refractivity contribution is -0.0553. The molecule has 3 aromatic rings. The molecule has 2 aliphatic heterocycles. The smallest absolute Gasteiger partial charge is 0.243 e. The number of fused-ring (bicyclic) bond motifs is 1. The summed E-state index contributed by atoms with van der Waals surface area (Å²) in [6, 6.07) is 21.8. The molecule has 5 rings (SSSR count). The van der Waals surface area contributed by atoms with Gasteiger partial charge in [0.15, 0.2) is 0 Å². The highest BCUT2D eigenvalue weighted by atomic mass is 32.2. The van der Waals surface area contributed by atoms with E-state index >= 15 is 0 Å². The fourth-order valence-electron chi connectivity index (χ4n) is 6.04. The number of hydrogen-bond acceptors (Lipinski definition) is 5. The van der Waals surface area contributed by atoms with Crippen molar-refractivity contribution < 1.29 is 18.3 Å². The molecule has 2 saturated heterocycles. The quantitative estimate of drug-likeness (QED) is 0.515. The molecule has 1 unspecified atom stereocenters. The number of benzene rings is 3. The van der Waals surface area contributed by atoms with Crippen LogP contribution in [-0.2, 0) is 10.0 Å². The number of aryl methyl sites for hydroxylation is 2. The summed E-state index contributed by atoms with van der Waals surface area (Å²) in [5.74, 6) is 0.893. The molecule has 7 heteroatoms. The van der Waals surface area contributed by atoms with Gasteiger partial charge in [-0.05, 0) is 68.1 Å². The van der Waals surface area contributed by atoms with Gasteiger partial charge in [0.05, 0.1) is 18.6 Å². The molecule has 0 aliphatic carbocycles. The van der Waals surface area contributed by atoms with Crippen molar-refractivity contribution in [1.29, 1.82) is 0 Å². The Kier molecular flexibility index (Phi) is 7.41. The molecule has 0 saturated carbocycles. The van der Waals surface area contributed by atoms with Crippen LogP contribution < -0.4 is 4.74 Å². The summed E-state index contributed by atoms with van der Waals surface area (Å²) in [6.45, 7) is 5.79. The lowest BCUT2D eigenvalue weighted by Gasteiger charge is -2.57. The Morgan fingerprint density at radius 3 is 2.41 bits per heavy atom. The Hall–Kier alpha value is -2.71. The molecule has 2 aliphatic rings. The van der Waals surface area contributed by atoms with Gasteiger partial charge in [-0.2, -0.15) is 4.31 Å². The van der Waals surface area contributed by atoms with Crippen LogP contribution in [0.25, 0.3) is 11.1 Å². The van der Waals surface area contributed by atoms with Crippen molar-refractivity contribution in [2.24, 2.45) is 0 Å². The molecule has 0 radical (unpaired) electrons. The van der Waals surface area contributed by atoms with E-state index in [1.165, 1.54) is 5.56 Å². The van der Waals surface area contributed by atoms with Crippen molar-refractivity contribution >= 4 is 10.0 Å². The fourth-order valence-corrected chi connectivity index (χ4v) is 7.77. The number of aliphatic hydroxyl groups excluding tert-OH is 1. The summed E-state index contributed by atoms with van der Waals surface area (Å²) in [6.07, 6.45) is 1.72. The molecular formula is C30H36N2O4S. The van der Waals surface area contributed by atoms with Crippen LogP contribution in [-0.4, -0.2) is 68.2 Å². The van der Waals surface area contributed by atoms with Crippen molar-refractivity contribution in [1.82, 2.24) is 9.21 Å². The van der Waals surface area contributed by atoms with Gasteiger partial charge >= 0.3 is 0 Å². The van der Waals surface area contributed by atoms with Crippen molar-refractivity contribution in [2.45, 2.75) is 49.6 Å². The maximum Gasteiger partial charge on any atom is 0.243 e. The highest BCUT2D eigenvalue weighted by Crippen LogP contribution is 2.43. The molecule has 0 amide bonds. The molecule has 3 aromatic carbocycles. The molecule has 3 atom stereocenters. The number of sulfonamides is 1. The zero-order valence-corrected chi connectivity index (χ0v) is 22.6. The number of hydrogen-bond donors (Lipinski definition) is 1. The predicted molar refractivity (Wildman–Crippen MR) is 146 cm³/mol. The van der Waals surface area contributed by atoms with Gasteiger partial charge in [-0.1, -0.05) is 54.1 Å². The lowest BCUT2D eigenvalue weighted by Crippen LogP contribution is -2.67. The van der Waals surface area contributed by atoms with Gasteiger partial charge in [0.25, 0.3) is 0 Å². The van der Waals surface area contributed by atoms with Crippen LogP contribution >= 0.6 is 0 Å².